The number of para-hydroxylation sites is 1. The van der Waals surface area contributed by atoms with Crippen LogP contribution < -0.4 is 19.9 Å². The van der Waals surface area contributed by atoms with Crippen molar-refractivity contribution in [2.24, 2.45) is 0 Å². The molecule has 29 heavy (non-hydrogen) atoms. The third-order valence-electron chi connectivity index (χ3n) is 4.74. The third-order valence-corrected chi connectivity index (χ3v) is 4.74. The minimum Gasteiger partial charge on any atom is -0.494 e. The number of hydrogen-bond acceptors (Lipinski definition) is 7. The lowest BCUT2D eigenvalue weighted by Crippen LogP contribution is -2.47. The summed E-state index contributed by atoms with van der Waals surface area (Å²) in [6.45, 7) is 5.37. The Bertz CT molecular complexity index is 944. The van der Waals surface area contributed by atoms with Crippen molar-refractivity contribution < 1.29 is 9.13 Å². The summed E-state index contributed by atoms with van der Waals surface area (Å²) in [5.41, 5.74) is 1.53. The number of nitrogens with zero attached hydrogens (tertiary/aromatic N) is 5. The quantitative estimate of drug-likeness (QED) is 0.687. The zero-order valence-electron chi connectivity index (χ0n) is 16.3. The highest BCUT2D eigenvalue weighted by Gasteiger charge is 2.21. The average Bonchev–Trinajstić information content (AvgIpc) is 2.76. The van der Waals surface area contributed by atoms with E-state index in [4.69, 9.17) is 4.74 Å². The smallest absolute Gasteiger partial charge is 0.247 e. The van der Waals surface area contributed by atoms with E-state index in [1.165, 1.54) is 6.07 Å². The van der Waals surface area contributed by atoms with Crippen LogP contribution in [0.4, 0.5) is 27.5 Å². The molecule has 0 spiro atoms. The summed E-state index contributed by atoms with van der Waals surface area (Å²) in [6.07, 6.45) is 1.59. The summed E-state index contributed by atoms with van der Waals surface area (Å²) in [6, 6.07) is 14.5. The van der Waals surface area contributed by atoms with Crippen LogP contribution in [0.3, 0.4) is 0 Å². The monoisotopic (exact) mass is 394 g/mol. The SMILES string of the molecule is CCOc1ccc(Nc2cnnc(N3CCN(c4ccccc4F)CC3)n2)cc1. The Kier molecular flexibility index (Phi) is 5.69. The highest BCUT2D eigenvalue weighted by molar-refractivity contribution is 5.57. The number of hydrogen-bond donors (Lipinski definition) is 1. The number of piperazine rings is 1. The molecule has 4 rings (SSSR count). The first-order valence-electron chi connectivity index (χ1n) is 9.67. The Morgan fingerprint density at radius 2 is 1.72 bits per heavy atom. The Labute approximate surface area is 169 Å². The molecule has 1 aromatic heterocycles. The van der Waals surface area contributed by atoms with E-state index in [9.17, 15) is 4.39 Å². The molecule has 0 radical (unpaired) electrons. The van der Waals surface area contributed by atoms with Gasteiger partial charge in [0.15, 0.2) is 5.82 Å². The number of rotatable bonds is 6. The van der Waals surface area contributed by atoms with Gasteiger partial charge in [-0.2, -0.15) is 10.1 Å². The minimum absolute atomic E-state index is 0.194. The van der Waals surface area contributed by atoms with Crippen LogP contribution in [0.1, 0.15) is 6.92 Å². The number of benzene rings is 2. The highest BCUT2D eigenvalue weighted by atomic mass is 19.1. The van der Waals surface area contributed by atoms with Gasteiger partial charge in [-0.1, -0.05) is 12.1 Å². The van der Waals surface area contributed by atoms with Gasteiger partial charge in [0.25, 0.3) is 0 Å². The number of anilines is 4. The van der Waals surface area contributed by atoms with Crippen LogP contribution >= 0.6 is 0 Å². The molecule has 0 atom stereocenters. The molecule has 3 aromatic rings. The Hall–Kier alpha value is -3.42. The lowest BCUT2D eigenvalue weighted by Gasteiger charge is -2.36. The van der Waals surface area contributed by atoms with E-state index in [-0.39, 0.29) is 5.82 Å². The molecule has 0 unspecified atom stereocenters. The number of nitrogens with one attached hydrogen (secondary N) is 1. The van der Waals surface area contributed by atoms with Crippen LogP contribution in [0.15, 0.2) is 54.7 Å². The van der Waals surface area contributed by atoms with Crippen molar-refractivity contribution in [1.29, 1.82) is 0 Å². The molecule has 0 amide bonds. The van der Waals surface area contributed by atoms with Gasteiger partial charge in [0.05, 0.1) is 18.5 Å². The fraction of sp³-hybridized carbons (Fsp3) is 0.286. The fourth-order valence-corrected chi connectivity index (χ4v) is 3.29. The standard InChI is InChI=1S/C21H23FN6O/c1-2-29-17-9-7-16(8-10-17)24-20-15-23-26-21(25-20)28-13-11-27(12-14-28)19-6-4-3-5-18(19)22/h3-10,15H,2,11-14H2,1H3,(H,24,25,26). The zero-order chi connectivity index (χ0) is 20.1. The predicted octanol–water partition coefficient (Wildman–Crippen LogP) is 3.48. The topological polar surface area (TPSA) is 66.4 Å². The first kappa shape index (κ1) is 18.9. The van der Waals surface area contributed by atoms with Gasteiger partial charge in [0, 0.05) is 31.9 Å². The van der Waals surface area contributed by atoms with Crippen molar-refractivity contribution in [1.82, 2.24) is 15.2 Å². The second-order valence-electron chi connectivity index (χ2n) is 6.65. The van der Waals surface area contributed by atoms with Gasteiger partial charge in [0.1, 0.15) is 11.6 Å². The molecule has 8 heteroatoms. The maximum Gasteiger partial charge on any atom is 0.247 e. The molecule has 2 heterocycles. The Balaban J connectivity index is 1.39. The van der Waals surface area contributed by atoms with E-state index in [2.05, 4.69) is 25.4 Å². The second kappa shape index (κ2) is 8.72. The predicted molar refractivity (Wildman–Crippen MR) is 112 cm³/mol. The molecule has 0 aliphatic carbocycles. The van der Waals surface area contributed by atoms with Crippen LogP contribution in [0.5, 0.6) is 5.75 Å². The maximum atomic E-state index is 14.0. The third kappa shape index (κ3) is 4.53. The molecule has 1 aliphatic heterocycles. The van der Waals surface area contributed by atoms with Gasteiger partial charge in [-0.15, -0.1) is 5.10 Å². The van der Waals surface area contributed by atoms with Crippen molar-refractivity contribution in [3.05, 3.63) is 60.5 Å². The van der Waals surface area contributed by atoms with Crippen molar-refractivity contribution in [2.75, 3.05) is 47.9 Å². The van der Waals surface area contributed by atoms with Gasteiger partial charge in [0.2, 0.25) is 5.95 Å². The summed E-state index contributed by atoms with van der Waals surface area (Å²) < 4.78 is 19.5. The summed E-state index contributed by atoms with van der Waals surface area (Å²) in [5, 5.41) is 11.5. The molecule has 7 nitrogen and oxygen atoms in total. The van der Waals surface area contributed by atoms with Crippen molar-refractivity contribution in [3.63, 3.8) is 0 Å². The molecule has 0 saturated carbocycles. The van der Waals surface area contributed by atoms with Crippen LogP contribution in [0, 0.1) is 5.82 Å². The minimum atomic E-state index is -0.194. The molecular weight excluding hydrogens is 371 g/mol. The normalized spacial score (nSPS) is 14.0. The zero-order valence-corrected chi connectivity index (χ0v) is 16.3. The van der Waals surface area contributed by atoms with E-state index in [1.807, 2.05) is 48.2 Å². The van der Waals surface area contributed by atoms with Crippen molar-refractivity contribution >= 4 is 23.1 Å². The molecule has 1 fully saturated rings. The van der Waals surface area contributed by atoms with E-state index < -0.39 is 0 Å². The van der Waals surface area contributed by atoms with Crippen molar-refractivity contribution in [2.45, 2.75) is 6.92 Å². The molecular formula is C21H23FN6O. The van der Waals surface area contributed by atoms with Gasteiger partial charge >= 0.3 is 0 Å². The van der Waals surface area contributed by atoms with E-state index in [0.717, 1.165) is 11.4 Å². The second-order valence-corrected chi connectivity index (χ2v) is 6.65. The summed E-state index contributed by atoms with van der Waals surface area (Å²) in [5.74, 6) is 1.82. The molecule has 150 valence electrons. The lowest BCUT2D eigenvalue weighted by molar-refractivity contribution is 0.340. The van der Waals surface area contributed by atoms with Gasteiger partial charge in [-0.3, -0.25) is 0 Å². The Morgan fingerprint density at radius 1 is 1.00 bits per heavy atom. The van der Waals surface area contributed by atoms with E-state index in [1.54, 1.807) is 12.3 Å². The Morgan fingerprint density at radius 3 is 2.45 bits per heavy atom. The van der Waals surface area contributed by atoms with Crippen LogP contribution in [-0.4, -0.2) is 48.0 Å². The van der Waals surface area contributed by atoms with Gasteiger partial charge in [-0.25, -0.2) is 4.39 Å². The van der Waals surface area contributed by atoms with Crippen molar-refractivity contribution in [3.8, 4) is 5.75 Å². The summed E-state index contributed by atoms with van der Waals surface area (Å²) in [4.78, 5) is 8.69. The molecule has 1 aliphatic rings. The average molecular weight is 394 g/mol. The number of halogens is 1. The first-order valence-corrected chi connectivity index (χ1v) is 9.67. The van der Waals surface area contributed by atoms with Crippen LogP contribution in [0.2, 0.25) is 0 Å². The molecule has 0 bridgehead atoms. The summed E-state index contributed by atoms with van der Waals surface area (Å²) in [7, 11) is 0. The molecule has 2 aromatic carbocycles. The molecule has 1 N–H and O–H groups in total. The van der Waals surface area contributed by atoms with Crippen LogP contribution in [-0.2, 0) is 0 Å². The highest BCUT2D eigenvalue weighted by Crippen LogP contribution is 2.23. The number of aromatic nitrogens is 3. The van der Waals surface area contributed by atoms with E-state index >= 15 is 0 Å². The van der Waals surface area contributed by atoms with Gasteiger partial charge < -0.3 is 19.9 Å². The maximum absolute atomic E-state index is 14.0. The first-order chi connectivity index (χ1) is 14.2. The lowest BCUT2D eigenvalue weighted by atomic mass is 10.2. The summed E-state index contributed by atoms with van der Waals surface area (Å²) >= 11 is 0. The number of ether oxygens (including phenoxy) is 1. The van der Waals surface area contributed by atoms with E-state index in [0.29, 0.717) is 50.2 Å². The molecule has 1 saturated heterocycles. The van der Waals surface area contributed by atoms with Gasteiger partial charge in [-0.05, 0) is 43.3 Å². The van der Waals surface area contributed by atoms with Crippen LogP contribution in [0.25, 0.3) is 0 Å². The fourth-order valence-electron chi connectivity index (χ4n) is 3.29. The largest absolute Gasteiger partial charge is 0.494 e.